The molecule has 1 rings (SSSR count). The van der Waals surface area contributed by atoms with Crippen molar-refractivity contribution in [2.24, 2.45) is 0 Å². The molecule has 0 radical (unpaired) electrons. The van der Waals surface area contributed by atoms with Crippen LogP contribution in [0.2, 0.25) is 0 Å². The number of esters is 1. The van der Waals surface area contributed by atoms with Gasteiger partial charge < -0.3 is 19.9 Å². The molecule has 0 spiro atoms. The second kappa shape index (κ2) is 7.12. The molecule has 0 aliphatic rings. The molecule has 1 amide bonds. The fourth-order valence-corrected chi connectivity index (χ4v) is 2.06. The first kappa shape index (κ1) is 19.8. The summed E-state index contributed by atoms with van der Waals surface area (Å²) >= 11 is 0. The van der Waals surface area contributed by atoms with Gasteiger partial charge in [-0.15, -0.1) is 0 Å². The number of aliphatic hydroxyl groups is 1. The predicted octanol–water partition coefficient (Wildman–Crippen LogP) is 2.24. The topological polar surface area (TPSA) is 84.9 Å². The van der Waals surface area contributed by atoms with E-state index >= 15 is 0 Å². The highest BCUT2D eigenvalue weighted by Gasteiger charge is 2.47. The third-order valence-electron chi connectivity index (χ3n) is 3.20. The summed E-state index contributed by atoms with van der Waals surface area (Å²) in [6.07, 6.45) is -0.917. The maximum atomic E-state index is 14.1. The Morgan fingerprint density at radius 2 is 1.83 bits per heavy atom. The van der Waals surface area contributed by atoms with Crippen molar-refractivity contribution in [2.75, 3.05) is 7.11 Å². The van der Waals surface area contributed by atoms with E-state index in [4.69, 9.17) is 4.74 Å². The molecule has 0 aliphatic heterocycles. The average Bonchev–Trinajstić information content (AvgIpc) is 2.43. The lowest BCUT2D eigenvalue weighted by Gasteiger charge is -2.33. The summed E-state index contributed by atoms with van der Waals surface area (Å²) in [7, 11) is 0.995. The molecule has 0 aliphatic carbocycles. The first-order valence-corrected chi connectivity index (χ1v) is 7.17. The Kier molecular flexibility index (Phi) is 5.89. The number of hydrogen-bond acceptors (Lipinski definition) is 5. The number of methoxy groups -OCH3 is 1. The summed E-state index contributed by atoms with van der Waals surface area (Å²) in [6, 6.07) is 0.991. The van der Waals surface area contributed by atoms with Crippen molar-refractivity contribution in [2.45, 2.75) is 44.9 Å². The molecule has 0 heterocycles. The molecule has 134 valence electrons. The smallest absolute Gasteiger partial charge is 0.407 e. The fraction of sp³-hybridized carbons (Fsp3) is 0.500. The molecule has 24 heavy (non-hydrogen) atoms. The van der Waals surface area contributed by atoms with Gasteiger partial charge in [0.15, 0.2) is 0 Å². The van der Waals surface area contributed by atoms with E-state index in [2.05, 4.69) is 10.1 Å². The molecule has 2 atom stereocenters. The number of rotatable bonds is 4. The number of carbonyl (C=O) groups excluding carboxylic acids is 2. The van der Waals surface area contributed by atoms with E-state index in [1.165, 1.54) is 6.92 Å². The van der Waals surface area contributed by atoms with E-state index < -0.39 is 46.5 Å². The minimum atomic E-state index is -2.57. The zero-order valence-corrected chi connectivity index (χ0v) is 14.1. The van der Waals surface area contributed by atoms with Gasteiger partial charge in [-0.2, -0.15) is 0 Å². The number of carbonyl (C=O) groups is 2. The monoisotopic (exact) mass is 345 g/mol. The molecule has 2 N–H and O–H groups in total. The van der Waals surface area contributed by atoms with Gasteiger partial charge in [0.1, 0.15) is 17.2 Å². The minimum absolute atomic E-state index is 0.517. The van der Waals surface area contributed by atoms with Gasteiger partial charge in [-0.05, 0) is 39.8 Å². The number of halogens is 2. The summed E-state index contributed by atoms with van der Waals surface area (Å²) in [6.45, 7) is 6.15. The van der Waals surface area contributed by atoms with Crippen LogP contribution in [0, 0.1) is 11.6 Å². The van der Waals surface area contributed by atoms with Crippen LogP contribution in [0.25, 0.3) is 0 Å². The molecule has 0 bridgehead atoms. The number of alkyl carbamates (subject to hydrolysis) is 1. The number of ether oxygens (including phenoxy) is 2. The van der Waals surface area contributed by atoms with Gasteiger partial charge in [-0.25, -0.2) is 18.4 Å². The lowest BCUT2D eigenvalue weighted by molar-refractivity contribution is -0.167. The van der Waals surface area contributed by atoms with Crippen molar-refractivity contribution in [3.8, 4) is 0 Å². The van der Waals surface area contributed by atoms with Crippen LogP contribution in [0.5, 0.6) is 0 Å². The van der Waals surface area contributed by atoms with Crippen LogP contribution in [0.15, 0.2) is 18.2 Å². The van der Waals surface area contributed by atoms with Crippen LogP contribution in [0.4, 0.5) is 13.6 Å². The molecule has 1 aromatic rings. The van der Waals surface area contributed by atoms with E-state index in [0.717, 1.165) is 19.2 Å². The molecule has 8 heteroatoms. The van der Waals surface area contributed by atoms with Gasteiger partial charge in [0.25, 0.3) is 0 Å². The van der Waals surface area contributed by atoms with Crippen LogP contribution < -0.4 is 5.32 Å². The van der Waals surface area contributed by atoms with Crippen LogP contribution in [-0.4, -0.2) is 35.9 Å². The van der Waals surface area contributed by atoms with E-state index in [9.17, 15) is 23.5 Å². The van der Waals surface area contributed by atoms with Gasteiger partial charge in [-0.1, -0.05) is 0 Å². The number of benzene rings is 1. The van der Waals surface area contributed by atoms with Crippen molar-refractivity contribution in [3.05, 3.63) is 35.4 Å². The zero-order valence-electron chi connectivity index (χ0n) is 14.1. The molecule has 0 aromatic heterocycles. The SMILES string of the molecule is COC(=O)[C@](O)(c1ccc(F)cc1F)[C@@H](C)NC(=O)OC(C)(C)C. The van der Waals surface area contributed by atoms with Gasteiger partial charge >= 0.3 is 12.1 Å². The molecule has 0 saturated carbocycles. The van der Waals surface area contributed by atoms with Crippen molar-refractivity contribution in [1.29, 1.82) is 0 Å². The van der Waals surface area contributed by atoms with Crippen LogP contribution in [0.3, 0.4) is 0 Å². The first-order valence-electron chi connectivity index (χ1n) is 7.17. The molecule has 0 unspecified atom stereocenters. The standard InChI is InChI=1S/C16H21F2NO5/c1-9(19-14(21)24-15(2,3)4)16(22,13(20)23-5)11-7-6-10(17)8-12(11)18/h6-9,22H,1-5H3,(H,19,21)/t9-,16-/m1/s1. The molecule has 6 nitrogen and oxygen atoms in total. The van der Waals surface area contributed by atoms with E-state index in [0.29, 0.717) is 6.07 Å². The summed E-state index contributed by atoms with van der Waals surface area (Å²) in [4.78, 5) is 23.9. The van der Waals surface area contributed by atoms with Crippen molar-refractivity contribution < 1.29 is 33.0 Å². The summed E-state index contributed by atoms with van der Waals surface area (Å²) in [5.41, 5.74) is -3.91. The molecular formula is C16H21F2NO5. The normalized spacial score (nSPS) is 15.2. The Morgan fingerprint density at radius 3 is 2.29 bits per heavy atom. The maximum Gasteiger partial charge on any atom is 0.407 e. The summed E-state index contributed by atoms with van der Waals surface area (Å²) < 4.78 is 36.7. The highest BCUT2D eigenvalue weighted by Crippen LogP contribution is 2.30. The predicted molar refractivity (Wildman–Crippen MR) is 81.1 cm³/mol. The number of nitrogens with one attached hydrogen (secondary N) is 1. The minimum Gasteiger partial charge on any atom is -0.467 e. The third-order valence-corrected chi connectivity index (χ3v) is 3.20. The first-order chi connectivity index (χ1) is 10.9. The zero-order chi connectivity index (χ0) is 18.7. The Balaban J connectivity index is 3.20. The van der Waals surface area contributed by atoms with E-state index in [-0.39, 0.29) is 0 Å². The number of amides is 1. The van der Waals surface area contributed by atoms with Crippen molar-refractivity contribution in [3.63, 3.8) is 0 Å². The third kappa shape index (κ3) is 4.41. The molecule has 1 aromatic carbocycles. The molecular weight excluding hydrogens is 324 g/mol. The fourth-order valence-electron chi connectivity index (χ4n) is 2.06. The second-order valence-corrected chi connectivity index (χ2v) is 6.25. The van der Waals surface area contributed by atoms with Crippen LogP contribution in [0.1, 0.15) is 33.3 Å². The van der Waals surface area contributed by atoms with E-state index in [1.54, 1.807) is 20.8 Å². The van der Waals surface area contributed by atoms with E-state index in [1.807, 2.05) is 0 Å². The summed E-state index contributed by atoms with van der Waals surface area (Å²) in [5, 5.41) is 13.0. The maximum absolute atomic E-state index is 14.1. The highest BCUT2D eigenvalue weighted by atomic mass is 19.1. The summed E-state index contributed by atoms with van der Waals surface area (Å²) in [5.74, 6) is -3.24. The Hall–Kier alpha value is -2.22. The van der Waals surface area contributed by atoms with Crippen LogP contribution >= 0.6 is 0 Å². The second-order valence-electron chi connectivity index (χ2n) is 6.25. The Bertz CT molecular complexity index is 629. The largest absolute Gasteiger partial charge is 0.467 e. The average molecular weight is 345 g/mol. The highest BCUT2D eigenvalue weighted by molar-refractivity contribution is 5.83. The van der Waals surface area contributed by atoms with Crippen LogP contribution in [-0.2, 0) is 19.9 Å². The number of hydrogen-bond donors (Lipinski definition) is 2. The van der Waals surface area contributed by atoms with Gasteiger partial charge in [0.2, 0.25) is 5.60 Å². The van der Waals surface area contributed by atoms with Gasteiger partial charge in [-0.3, -0.25) is 0 Å². The van der Waals surface area contributed by atoms with Crippen molar-refractivity contribution in [1.82, 2.24) is 5.32 Å². The quantitative estimate of drug-likeness (QED) is 0.818. The van der Waals surface area contributed by atoms with Gasteiger partial charge in [0, 0.05) is 11.6 Å². The lowest BCUT2D eigenvalue weighted by atomic mass is 9.86. The van der Waals surface area contributed by atoms with Gasteiger partial charge in [0.05, 0.1) is 13.2 Å². The van der Waals surface area contributed by atoms with Crippen molar-refractivity contribution >= 4 is 12.1 Å². The molecule has 0 fully saturated rings. The molecule has 0 saturated heterocycles. The Labute approximate surface area is 138 Å². The Morgan fingerprint density at radius 1 is 1.25 bits per heavy atom. The lowest BCUT2D eigenvalue weighted by Crippen LogP contribution is -2.55.